The molecule has 1 unspecified atom stereocenters. The lowest BCUT2D eigenvalue weighted by Crippen LogP contribution is -2.22. The highest BCUT2D eigenvalue weighted by atomic mass is 79.9. The second-order valence-electron chi connectivity index (χ2n) is 5.39. The Bertz CT molecular complexity index is 604. The van der Waals surface area contributed by atoms with Crippen LogP contribution in [0.2, 0.25) is 0 Å². The molecule has 0 fully saturated rings. The smallest absolute Gasteiger partial charge is 0.0692 e. The fourth-order valence-corrected chi connectivity index (χ4v) is 2.79. The highest BCUT2D eigenvalue weighted by molar-refractivity contribution is 9.10. The van der Waals surface area contributed by atoms with Crippen molar-refractivity contribution >= 4 is 15.9 Å². The third kappa shape index (κ3) is 3.74. The maximum atomic E-state index is 6.15. The Balaban J connectivity index is 2.51. The highest BCUT2D eigenvalue weighted by Crippen LogP contribution is 2.24. The molecule has 0 amide bonds. The number of benzene rings is 1. The summed E-state index contributed by atoms with van der Waals surface area (Å²) in [7, 11) is 0. The third-order valence-corrected chi connectivity index (χ3v) is 4.33. The van der Waals surface area contributed by atoms with E-state index in [1.807, 2.05) is 0 Å². The first-order valence-electron chi connectivity index (χ1n) is 7.71. The molecule has 4 heteroatoms. The number of aromatic nitrogens is 2. The van der Waals surface area contributed by atoms with E-state index in [0.717, 1.165) is 41.5 Å². The van der Waals surface area contributed by atoms with Gasteiger partial charge in [0.25, 0.3) is 0 Å². The summed E-state index contributed by atoms with van der Waals surface area (Å²) in [4.78, 5) is 0. The molecule has 0 radical (unpaired) electrons. The van der Waals surface area contributed by atoms with Gasteiger partial charge in [-0.2, -0.15) is 5.10 Å². The van der Waals surface area contributed by atoms with E-state index in [0.29, 0.717) is 0 Å². The first-order valence-corrected chi connectivity index (χ1v) is 8.50. The van der Waals surface area contributed by atoms with Crippen molar-refractivity contribution < 1.29 is 0 Å². The number of nitrogens with zero attached hydrogens (tertiary/aromatic N) is 2. The molecule has 1 aromatic heterocycles. The van der Waals surface area contributed by atoms with Crippen molar-refractivity contribution in [1.29, 1.82) is 0 Å². The molecule has 21 heavy (non-hydrogen) atoms. The molecule has 1 atom stereocenters. The number of nitrogens with two attached hydrogens (primary N) is 1. The summed E-state index contributed by atoms with van der Waals surface area (Å²) in [5.41, 5.74) is 10.9. The zero-order valence-electron chi connectivity index (χ0n) is 13.1. The Morgan fingerprint density at radius 3 is 2.57 bits per heavy atom. The van der Waals surface area contributed by atoms with Crippen LogP contribution in [0.25, 0.3) is 5.69 Å². The average Bonchev–Trinajstić information content (AvgIpc) is 2.92. The Kier molecular flexibility index (Phi) is 5.59. The van der Waals surface area contributed by atoms with E-state index < -0.39 is 0 Å². The van der Waals surface area contributed by atoms with Crippen LogP contribution in [0.5, 0.6) is 0 Å². The molecular weight excluding hydrogens is 326 g/mol. The lowest BCUT2D eigenvalue weighted by Gasteiger charge is -2.15. The van der Waals surface area contributed by atoms with Crippen LogP contribution < -0.4 is 5.73 Å². The molecule has 1 aromatic carbocycles. The van der Waals surface area contributed by atoms with Crippen molar-refractivity contribution in [3.63, 3.8) is 0 Å². The predicted molar refractivity (Wildman–Crippen MR) is 92.0 cm³/mol. The van der Waals surface area contributed by atoms with Crippen LogP contribution in [0, 0.1) is 0 Å². The van der Waals surface area contributed by atoms with Gasteiger partial charge < -0.3 is 5.73 Å². The molecule has 0 aliphatic carbocycles. The number of rotatable bonds is 6. The van der Waals surface area contributed by atoms with E-state index in [2.05, 4.69) is 65.6 Å². The second kappa shape index (κ2) is 7.23. The molecule has 2 rings (SSSR count). The van der Waals surface area contributed by atoms with Crippen LogP contribution in [0.1, 0.15) is 44.1 Å². The summed E-state index contributed by atoms with van der Waals surface area (Å²) in [6.45, 7) is 6.44. The SMILES string of the molecule is CCc1cc(CC)n(-c2cc(Br)ccc2CC(N)CC)n1. The van der Waals surface area contributed by atoms with Crippen LogP contribution in [-0.4, -0.2) is 15.8 Å². The van der Waals surface area contributed by atoms with Crippen molar-refractivity contribution in [2.45, 2.75) is 52.5 Å². The lowest BCUT2D eigenvalue weighted by molar-refractivity contribution is 0.640. The maximum absolute atomic E-state index is 6.15. The van der Waals surface area contributed by atoms with E-state index in [1.165, 1.54) is 11.3 Å². The molecule has 0 aliphatic heterocycles. The minimum atomic E-state index is 0.191. The standard InChI is InChI=1S/C17H24BrN3/c1-4-14(19)9-12-7-8-13(18)10-17(12)21-16(6-3)11-15(5-2)20-21/h7-8,10-11,14H,4-6,9,19H2,1-3H3. The monoisotopic (exact) mass is 349 g/mol. The van der Waals surface area contributed by atoms with Crippen LogP contribution in [-0.2, 0) is 19.3 Å². The topological polar surface area (TPSA) is 43.8 Å². The molecular formula is C17H24BrN3. The van der Waals surface area contributed by atoms with Crippen molar-refractivity contribution in [3.05, 3.63) is 45.7 Å². The Morgan fingerprint density at radius 2 is 1.95 bits per heavy atom. The van der Waals surface area contributed by atoms with E-state index in [1.54, 1.807) is 0 Å². The van der Waals surface area contributed by atoms with Crippen LogP contribution in [0.4, 0.5) is 0 Å². The molecule has 0 saturated carbocycles. The average molecular weight is 350 g/mol. The maximum Gasteiger partial charge on any atom is 0.0692 e. The van der Waals surface area contributed by atoms with Gasteiger partial charge in [0.1, 0.15) is 0 Å². The van der Waals surface area contributed by atoms with Crippen LogP contribution in [0.15, 0.2) is 28.7 Å². The normalized spacial score (nSPS) is 12.6. The zero-order valence-corrected chi connectivity index (χ0v) is 14.7. The van der Waals surface area contributed by atoms with Gasteiger partial charge in [-0.25, -0.2) is 4.68 Å². The summed E-state index contributed by atoms with van der Waals surface area (Å²) in [5.74, 6) is 0. The Hall–Kier alpha value is -1.13. The molecule has 0 spiro atoms. The number of aryl methyl sites for hydroxylation is 2. The highest BCUT2D eigenvalue weighted by Gasteiger charge is 2.13. The molecule has 2 aromatic rings. The summed E-state index contributed by atoms with van der Waals surface area (Å²) in [6.07, 6.45) is 3.79. The fraction of sp³-hybridized carbons (Fsp3) is 0.471. The van der Waals surface area contributed by atoms with E-state index in [4.69, 9.17) is 10.8 Å². The molecule has 1 heterocycles. The van der Waals surface area contributed by atoms with Gasteiger partial charge in [-0.1, -0.05) is 42.8 Å². The van der Waals surface area contributed by atoms with Gasteiger partial charge in [0.05, 0.1) is 11.4 Å². The number of hydrogen-bond donors (Lipinski definition) is 1. The van der Waals surface area contributed by atoms with Crippen molar-refractivity contribution in [2.75, 3.05) is 0 Å². The van der Waals surface area contributed by atoms with Gasteiger partial charge in [0, 0.05) is 16.2 Å². The van der Waals surface area contributed by atoms with E-state index in [9.17, 15) is 0 Å². The van der Waals surface area contributed by atoms with Crippen LogP contribution >= 0.6 is 15.9 Å². The third-order valence-electron chi connectivity index (χ3n) is 3.84. The quantitative estimate of drug-likeness (QED) is 0.855. The van der Waals surface area contributed by atoms with Gasteiger partial charge in [0.15, 0.2) is 0 Å². The molecule has 0 aliphatic rings. The zero-order chi connectivity index (χ0) is 15.4. The summed E-state index contributed by atoms with van der Waals surface area (Å²) < 4.78 is 3.16. The number of hydrogen-bond acceptors (Lipinski definition) is 2. The first-order chi connectivity index (χ1) is 10.1. The van der Waals surface area contributed by atoms with Crippen molar-refractivity contribution in [2.24, 2.45) is 5.73 Å². The minimum absolute atomic E-state index is 0.191. The minimum Gasteiger partial charge on any atom is -0.327 e. The molecule has 2 N–H and O–H groups in total. The van der Waals surface area contributed by atoms with Gasteiger partial charge in [-0.3, -0.25) is 0 Å². The largest absolute Gasteiger partial charge is 0.327 e. The molecule has 3 nitrogen and oxygen atoms in total. The van der Waals surface area contributed by atoms with Gasteiger partial charge >= 0.3 is 0 Å². The second-order valence-corrected chi connectivity index (χ2v) is 6.31. The fourth-order valence-electron chi connectivity index (χ4n) is 2.44. The number of halogens is 1. The summed E-state index contributed by atoms with van der Waals surface area (Å²) in [6, 6.07) is 8.77. The van der Waals surface area contributed by atoms with Crippen molar-refractivity contribution in [1.82, 2.24) is 9.78 Å². The van der Waals surface area contributed by atoms with Gasteiger partial charge in [-0.15, -0.1) is 0 Å². The van der Waals surface area contributed by atoms with Crippen LogP contribution in [0.3, 0.4) is 0 Å². The molecule has 0 saturated heterocycles. The van der Waals surface area contributed by atoms with E-state index >= 15 is 0 Å². The summed E-state index contributed by atoms with van der Waals surface area (Å²) >= 11 is 3.57. The Morgan fingerprint density at radius 1 is 1.19 bits per heavy atom. The molecule has 0 bridgehead atoms. The van der Waals surface area contributed by atoms with Crippen molar-refractivity contribution in [3.8, 4) is 5.69 Å². The Labute approximate surface area is 135 Å². The van der Waals surface area contributed by atoms with Gasteiger partial charge in [0.2, 0.25) is 0 Å². The summed E-state index contributed by atoms with van der Waals surface area (Å²) in [5, 5.41) is 4.76. The predicted octanol–water partition coefficient (Wildman–Crippen LogP) is 4.04. The lowest BCUT2D eigenvalue weighted by atomic mass is 10.0. The van der Waals surface area contributed by atoms with E-state index in [-0.39, 0.29) is 6.04 Å². The molecule has 114 valence electrons. The first kappa shape index (κ1) is 16.2. The van der Waals surface area contributed by atoms with Gasteiger partial charge in [-0.05, 0) is 49.4 Å².